The summed E-state index contributed by atoms with van der Waals surface area (Å²) in [5, 5.41) is 23.1. The summed E-state index contributed by atoms with van der Waals surface area (Å²) in [5.41, 5.74) is 7.07. The summed E-state index contributed by atoms with van der Waals surface area (Å²) in [6.07, 6.45) is 1.39. The van der Waals surface area contributed by atoms with Crippen LogP contribution in [0.15, 0.2) is 60.7 Å². The lowest BCUT2D eigenvalue weighted by atomic mass is 9.96. The molecular weight excluding hydrogens is 668 g/mol. The quantitative estimate of drug-likeness (QED) is 0.152. The van der Waals surface area contributed by atoms with Crippen LogP contribution in [-0.2, 0) is 24.9 Å². The van der Waals surface area contributed by atoms with Gasteiger partial charge in [0.05, 0.1) is 43.2 Å². The number of hydrogen-bond donors (Lipinski definition) is 3. The van der Waals surface area contributed by atoms with Gasteiger partial charge in [-0.05, 0) is 31.5 Å². The molecule has 2 aromatic heterocycles. The number of fused-ring (bicyclic) bond motifs is 1. The van der Waals surface area contributed by atoms with Gasteiger partial charge in [-0.2, -0.15) is 5.10 Å². The van der Waals surface area contributed by atoms with E-state index in [1.54, 1.807) is 21.3 Å². The van der Waals surface area contributed by atoms with Gasteiger partial charge >= 0.3 is 0 Å². The minimum atomic E-state index is -0.647. The van der Waals surface area contributed by atoms with Crippen LogP contribution in [0.3, 0.4) is 0 Å². The number of likely N-dealkylation sites (tertiary alicyclic amines) is 1. The molecular formula is C39H43ClN6O5. The number of methoxy groups -OCH3 is 3. The van der Waals surface area contributed by atoms with Gasteiger partial charge in [-0.1, -0.05) is 54.1 Å². The first kappa shape index (κ1) is 34.8. The average Bonchev–Trinajstić information content (AvgIpc) is 3.69. The summed E-state index contributed by atoms with van der Waals surface area (Å²) >= 11 is 7.22. The molecule has 2 saturated heterocycles. The third kappa shape index (κ3) is 6.86. The standard InChI is InChI=1S/C39H43ClN6O5/c1-39(48)21-46(22-39)20-23-12-14-31(43-38(23)51-5)28-10-6-8-26(35(28)40)27-9-7-11-29-36(44-45(2)37(27)29)24-16-32(49-3)30(33(17-24)50-4)19-41-18-25-13-15-34(47)42-25/h6-12,14,16-17,25,41,48H,13,15,18-22H2,1-5H3,(H,42,47)/t25-/m0/s1. The lowest BCUT2D eigenvalue weighted by Gasteiger charge is -2.44. The first-order chi connectivity index (χ1) is 24.6. The van der Waals surface area contributed by atoms with Gasteiger partial charge in [-0.3, -0.25) is 14.4 Å². The number of pyridine rings is 1. The molecule has 12 heteroatoms. The molecule has 0 bridgehead atoms. The smallest absolute Gasteiger partial charge is 0.220 e. The summed E-state index contributed by atoms with van der Waals surface area (Å²) < 4.78 is 19.3. The Bertz CT molecular complexity index is 2080. The van der Waals surface area contributed by atoms with E-state index in [-0.39, 0.29) is 11.9 Å². The number of nitrogens with one attached hydrogen (secondary N) is 2. The number of aryl methyl sites for hydroxylation is 1. The topological polar surface area (TPSA) is 123 Å². The molecule has 51 heavy (non-hydrogen) atoms. The Morgan fingerprint density at radius 3 is 2.37 bits per heavy atom. The van der Waals surface area contributed by atoms with Crippen molar-refractivity contribution in [2.24, 2.45) is 7.05 Å². The van der Waals surface area contributed by atoms with Crippen molar-refractivity contribution in [3.63, 3.8) is 0 Å². The molecule has 0 spiro atoms. The number of carbonyl (C=O) groups is 1. The van der Waals surface area contributed by atoms with Gasteiger partial charge in [-0.15, -0.1) is 0 Å². The molecule has 7 rings (SSSR count). The summed E-state index contributed by atoms with van der Waals surface area (Å²) in [4.78, 5) is 18.6. The first-order valence-corrected chi connectivity index (χ1v) is 17.5. The Morgan fingerprint density at radius 2 is 1.71 bits per heavy atom. The average molecular weight is 711 g/mol. The predicted molar refractivity (Wildman–Crippen MR) is 198 cm³/mol. The van der Waals surface area contributed by atoms with Gasteiger partial charge in [0.1, 0.15) is 17.2 Å². The van der Waals surface area contributed by atoms with Gasteiger partial charge in [0, 0.05) is 91.0 Å². The summed E-state index contributed by atoms with van der Waals surface area (Å²) in [5.74, 6) is 2.00. The Hall–Kier alpha value is -4.68. The van der Waals surface area contributed by atoms with Gasteiger partial charge in [-0.25, -0.2) is 4.98 Å². The molecule has 4 heterocycles. The van der Waals surface area contributed by atoms with Crippen LogP contribution in [0.2, 0.25) is 5.02 Å². The highest BCUT2D eigenvalue weighted by Crippen LogP contribution is 2.43. The Labute approximate surface area is 302 Å². The molecule has 1 atom stereocenters. The number of ether oxygens (including phenoxy) is 3. The highest BCUT2D eigenvalue weighted by Gasteiger charge is 2.36. The van der Waals surface area contributed by atoms with Crippen LogP contribution in [0.1, 0.15) is 30.9 Å². The molecule has 5 aromatic rings. The second kappa shape index (κ2) is 14.1. The van der Waals surface area contributed by atoms with E-state index in [1.807, 2.05) is 67.2 Å². The molecule has 1 amide bonds. The van der Waals surface area contributed by atoms with E-state index in [4.69, 9.17) is 35.9 Å². The largest absolute Gasteiger partial charge is 0.496 e. The Balaban J connectivity index is 1.20. The number of aliphatic hydroxyl groups is 1. The van der Waals surface area contributed by atoms with Crippen molar-refractivity contribution in [2.45, 2.75) is 44.5 Å². The second-order valence-electron chi connectivity index (χ2n) is 13.6. The van der Waals surface area contributed by atoms with Gasteiger partial charge < -0.3 is 30.0 Å². The van der Waals surface area contributed by atoms with Crippen LogP contribution in [-0.4, -0.2) is 83.3 Å². The zero-order chi connectivity index (χ0) is 35.9. The van der Waals surface area contributed by atoms with Crippen LogP contribution in [0.5, 0.6) is 17.4 Å². The number of rotatable bonds is 12. The van der Waals surface area contributed by atoms with Gasteiger partial charge in [0.15, 0.2) is 0 Å². The predicted octanol–water partition coefficient (Wildman–Crippen LogP) is 5.58. The van der Waals surface area contributed by atoms with E-state index in [2.05, 4.69) is 27.7 Å². The molecule has 0 aliphatic carbocycles. The van der Waals surface area contributed by atoms with E-state index < -0.39 is 5.60 Å². The molecule has 266 valence electrons. The highest BCUT2D eigenvalue weighted by atomic mass is 35.5. The maximum absolute atomic E-state index is 11.6. The van der Waals surface area contributed by atoms with E-state index in [0.29, 0.717) is 67.2 Å². The zero-order valence-corrected chi connectivity index (χ0v) is 30.3. The van der Waals surface area contributed by atoms with Gasteiger partial charge in [0.25, 0.3) is 0 Å². The molecule has 0 radical (unpaired) electrons. The van der Waals surface area contributed by atoms with E-state index >= 15 is 0 Å². The Morgan fingerprint density at radius 1 is 1.00 bits per heavy atom. The lowest BCUT2D eigenvalue weighted by molar-refractivity contribution is -0.119. The number of carbonyl (C=O) groups excluding carboxylic acids is 1. The van der Waals surface area contributed by atoms with Crippen molar-refractivity contribution < 1.29 is 24.1 Å². The minimum Gasteiger partial charge on any atom is -0.496 e. The number of benzene rings is 3. The molecule has 3 aromatic carbocycles. The molecule has 2 aliphatic heterocycles. The van der Waals surface area contributed by atoms with Crippen molar-refractivity contribution in [1.82, 2.24) is 30.3 Å². The second-order valence-corrected chi connectivity index (χ2v) is 14.0. The third-order valence-corrected chi connectivity index (χ3v) is 10.2. The van der Waals surface area contributed by atoms with Crippen molar-refractivity contribution in [3.05, 3.63) is 76.8 Å². The number of amides is 1. The first-order valence-electron chi connectivity index (χ1n) is 17.1. The minimum absolute atomic E-state index is 0.0975. The fourth-order valence-corrected chi connectivity index (χ4v) is 7.71. The highest BCUT2D eigenvalue weighted by molar-refractivity contribution is 6.36. The molecule has 0 unspecified atom stereocenters. The molecule has 2 fully saturated rings. The number of halogens is 1. The van der Waals surface area contributed by atoms with E-state index in [1.165, 1.54) is 0 Å². The maximum atomic E-state index is 11.6. The number of para-hydroxylation sites is 1. The van der Waals surface area contributed by atoms with Crippen LogP contribution in [0.25, 0.3) is 44.5 Å². The van der Waals surface area contributed by atoms with Gasteiger partial charge in [0.2, 0.25) is 11.8 Å². The summed E-state index contributed by atoms with van der Waals surface area (Å²) in [7, 11) is 6.86. The SMILES string of the molecule is COc1cc(-c2nn(C)c3c(-c4cccc(-c5ccc(CN6CC(C)(O)C6)c(OC)n5)c4Cl)cccc23)cc(OC)c1CNC[C@@H]1CCC(=O)N1. The normalized spacial score (nSPS) is 17.0. The fraction of sp³-hybridized carbons (Fsp3) is 0.359. The van der Waals surface area contributed by atoms with Crippen molar-refractivity contribution in [2.75, 3.05) is 41.0 Å². The fourth-order valence-electron chi connectivity index (χ4n) is 7.39. The maximum Gasteiger partial charge on any atom is 0.220 e. The monoisotopic (exact) mass is 710 g/mol. The number of β-amino-alcohol motifs (C(OH)–C–C–N with tert-alkyl or cyclic N) is 1. The zero-order valence-electron chi connectivity index (χ0n) is 29.5. The van der Waals surface area contributed by atoms with E-state index in [9.17, 15) is 9.90 Å². The lowest BCUT2D eigenvalue weighted by Crippen LogP contribution is -2.59. The summed E-state index contributed by atoms with van der Waals surface area (Å²) in [6.45, 7) is 4.89. The van der Waals surface area contributed by atoms with Crippen molar-refractivity contribution >= 4 is 28.4 Å². The number of aromatic nitrogens is 3. The van der Waals surface area contributed by atoms with Crippen LogP contribution in [0.4, 0.5) is 0 Å². The third-order valence-electron chi connectivity index (χ3n) is 9.74. The van der Waals surface area contributed by atoms with Crippen LogP contribution < -0.4 is 24.8 Å². The number of nitrogens with zero attached hydrogens (tertiary/aromatic N) is 4. The summed E-state index contributed by atoms with van der Waals surface area (Å²) in [6, 6.07) is 20.2. The van der Waals surface area contributed by atoms with Crippen LogP contribution in [0, 0.1) is 0 Å². The molecule has 11 nitrogen and oxygen atoms in total. The Kier molecular flexibility index (Phi) is 9.64. The van der Waals surface area contributed by atoms with E-state index in [0.717, 1.165) is 56.4 Å². The molecule has 3 N–H and O–H groups in total. The van der Waals surface area contributed by atoms with Crippen molar-refractivity contribution in [1.29, 1.82) is 0 Å². The molecule has 0 saturated carbocycles. The molecule has 2 aliphatic rings. The van der Waals surface area contributed by atoms with Crippen molar-refractivity contribution in [3.8, 4) is 51.0 Å². The number of hydrogen-bond acceptors (Lipinski definition) is 9. The van der Waals surface area contributed by atoms with Crippen LogP contribution >= 0.6 is 11.6 Å².